The molecule has 0 fully saturated rings. The van der Waals surface area contributed by atoms with Crippen LogP contribution in [-0.4, -0.2) is 14.0 Å². The molecule has 0 N–H and O–H groups in total. The van der Waals surface area contributed by atoms with Crippen LogP contribution in [0.4, 0.5) is 0 Å². The van der Waals surface area contributed by atoms with Crippen LogP contribution in [-0.2, 0) is 0 Å². The summed E-state index contributed by atoms with van der Waals surface area (Å²) in [6.45, 7) is 0. The van der Waals surface area contributed by atoms with Crippen molar-refractivity contribution in [2.24, 2.45) is 0 Å². The van der Waals surface area contributed by atoms with Crippen LogP contribution in [0.1, 0.15) is 0 Å². The predicted molar refractivity (Wildman–Crippen MR) is 199 cm³/mol. The number of aromatic nitrogens is 3. The Balaban J connectivity index is 1.18. The van der Waals surface area contributed by atoms with Crippen molar-refractivity contribution in [3.63, 3.8) is 0 Å². The van der Waals surface area contributed by atoms with Gasteiger partial charge in [0.25, 0.3) is 0 Å². The van der Waals surface area contributed by atoms with Gasteiger partial charge in [0.1, 0.15) is 11.2 Å². The summed E-state index contributed by atoms with van der Waals surface area (Å²) in [5.41, 5.74) is 12.1. The number of furan rings is 1. The topological polar surface area (TPSA) is 52.4 Å². The fourth-order valence-corrected chi connectivity index (χ4v) is 7.24. The van der Waals surface area contributed by atoms with E-state index in [4.69, 9.17) is 9.40 Å². The molecule has 3 heterocycles. The first-order valence-electron chi connectivity index (χ1n) is 16.3. The Hall–Kier alpha value is -6.72. The molecule has 3 aromatic heterocycles. The van der Waals surface area contributed by atoms with Gasteiger partial charge in [-0.05, 0) is 88.0 Å². The zero-order valence-corrected chi connectivity index (χ0v) is 26.2. The molecule has 0 bridgehead atoms. The van der Waals surface area contributed by atoms with Crippen molar-refractivity contribution in [2.75, 3.05) is 0 Å². The summed E-state index contributed by atoms with van der Waals surface area (Å²) in [5, 5.41) is 3.00. The standard InChI is InChI=1S/C44H27N3O2/c48-44-46(33-12-5-2-6-13-33)38-24-22-32(27-35(38)43-45-37-15-7-8-16-39(37)47(43)44)34-14-9-17-41-42(34)36-26-31(23-25-40(36)49-41)30-20-18-29(19-21-30)28-10-3-1-4-11-28/h1-27H. The van der Waals surface area contributed by atoms with Crippen LogP contribution >= 0.6 is 0 Å². The second-order valence-corrected chi connectivity index (χ2v) is 12.4. The predicted octanol–water partition coefficient (Wildman–Crippen LogP) is 10.7. The molecule has 0 atom stereocenters. The van der Waals surface area contributed by atoms with Crippen LogP contribution < -0.4 is 5.69 Å². The lowest BCUT2D eigenvalue weighted by Crippen LogP contribution is -2.25. The normalized spacial score (nSPS) is 11.8. The third kappa shape index (κ3) is 4.26. The van der Waals surface area contributed by atoms with Crippen LogP contribution in [0, 0.1) is 0 Å². The molecule has 0 saturated heterocycles. The summed E-state index contributed by atoms with van der Waals surface area (Å²) >= 11 is 0. The lowest BCUT2D eigenvalue weighted by Gasteiger charge is -2.14. The molecule has 0 spiro atoms. The number of para-hydroxylation sites is 3. The van der Waals surface area contributed by atoms with E-state index in [0.717, 1.165) is 71.8 Å². The maximum absolute atomic E-state index is 14.2. The molecule has 5 heteroatoms. The minimum Gasteiger partial charge on any atom is -0.456 e. The van der Waals surface area contributed by atoms with Crippen molar-refractivity contribution >= 4 is 49.5 Å². The summed E-state index contributed by atoms with van der Waals surface area (Å²) in [6.07, 6.45) is 0. The maximum atomic E-state index is 14.2. The largest absolute Gasteiger partial charge is 0.456 e. The number of benzene rings is 7. The molecule has 0 aliphatic rings. The molecule has 0 amide bonds. The Morgan fingerprint density at radius 2 is 1.14 bits per heavy atom. The quantitative estimate of drug-likeness (QED) is 0.195. The molecule has 0 unspecified atom stereocenters. The van der Waals surface area contributed by atoms with Crippen LogP contribution in [0.3, 0.4) is 0 Å². The van der Waals surface area contributed by atoms with E-state index in [1.54, 1.807) is 8.97 Å². The van der Waals surface area contributed by atoms with Crippen molar-refractivity contribution in [2.45, 2.75) is 0 Å². The van der Waals surface area contributed by atoms with E-state index in [2.05, 4.69) is 84.9 Å². The lowest BCUT2D eigenvalue weighted by atomic mass is 9.96. The first-order chi connectivity index (χ1) is 24.2. The highest BCUT2D eigenvalue weighted by molar-refractivity contribution is 6.14. The van der Waals surface area contributed by atoms with Gasteiger partial charge in [0.2, 0.25) is 0 Å². The Morgan fingerprint density at radius 3 is 1.96 bits per heavy atom. The smallest absolute Gasteiger partial charge is 0.339 e. The molecule has 0 radical (unpaired) electrons. The van der Waals surface area contributed by atoms with Gasteiger partial charge in [-0.3, -0.25) is 4.57 Å². The van der Waals surface area contributed by atoms with E-state index in [9.17, 15) is 4.79 Å². The fourth-order valence-electron chi connectivity index (χ4n) is 7.24. The van der Waals surface area contributed by atoms with Crippen LogP contribution in [0.15, 0.2) is 173 Å². The molecular weight excluding hydrogens is 603 g/mol. The highest BCUT2D eigenvalue weighted by Crippen LogP contribution is 2.40. The molecule has 0 aliphatic heterocycles. The molecule has 0 saturated carbocycles. The van der Waals surface area contributed by atoms with Crippen LogP contribution in [0.5, 0.6) is 0 Å². The number of fused-ring (bicyclic) bond motifs is 8. The Kier molecular flexibility index (Phi) is 5.96. The van der Waals surface area contributed by atoms with Gasteiger partial charge in [0.15, 0.2) is 5.65 Å². The second kappa shape index (κ2) is 10.7. The van der Waals surface area contributed by atoms with Crippen molar-refractivity contribution in [1.29, 1.82) is 0 Å². The van der Waals surface area contributed by atoms with Crippen molar-refractivity contribution in [3.8, 4) is 39.1 Å². The third-order valence-corrected chi connectivity index (χ3v) is 9.57. The molecule has 10 aromatic rings. The van der Waals surface area contributed by atoms with Crippen molar-refractivity contribution < 1.29 is 4.42 Å². The molecule has 230 valence electrons. The average Bonchev–Trinajstić information content (AvgIpc) is 3.75. The number of hydrogen-bond acceptors (Lipinski definition) is 3. The molecule has 5 nitrogen and oxygen atoms in total. The summed E-state index contributed by atoms with van der Waals surface area (Å²) < 4.78 is 9.93. The monoisotopic (exact) mass is 629 g/mol. The summed E-state index contributed by atoms with van der Waals surface area (Å²) in [7, 11) is 0. The zero-order valence-electron chi connectivity index (χ0n) is 26.2. The minimum atomic E-state index is -0.151. The highest BCUT2D eigenvalue weighted by atomic mass is 16.3. The van der Waals surface area contributed by atoms with E-state index in [-0.39, 0.29) is 5.69 Å². The number of rotatable bonds is 4. The van der Waals surface area contributed by atoms with Crippen LogP contribution in [0.25, 0.3) is 88.6 Å². The lowest BCUT2D eigenvalue weighted by molar-refractivity contribution is 0.669. The van der Waals surface area contributed by atoms with Gasteiger partial charge in [-0.2, -0.15) is 0 Å². The van der Waals surface area contributed by atoms with E-state index in [1.807, 2.05) is 78.9 Å². The molecule has 7 aromatic carbocycles. The van der Waals surface area contributed by atoms with Gasteiger partial charge in [-0.15, -0.1) is 0 Å². The number of imidazole rings is 1. The van der Waals surface area contributed by atoms with E-state index >= 15 is 0 Å². The molecule has 10 rings (SSSR count). The van der Waals surface area contributed by atoms with E-state index in [1.165, 1.54) is 11.1 Å². The summed E-state index contributed by atoms with van der Waals surface area (Å²) in [6, 6.07) is 55.7. The van der Waals surface area contributed by atoms with Crippen molar-refractivity contribution in [3.05, 3.63) is 174 Å². The van der Waals surface area contributed by atoms with Gasteiger partial charge in [-0.25, -0.2) is 14.2 Å². The summed E-state index contributed by atoms with van der Waals surface area (Å²) in [5.74, 6) is 0. The van der Waals surface area contributed by atoms with E-state index in [0.29, 0.717) is 5.65 Å². The third-order valence-electron chi connectivity index (χ3n) is 9.57. The van der Waals surface area contributed by atoms with E-state index < -0.39 is 0 Å². The Labute approximate surface area is 280 Å². The highest BCUT2D eigenvalue weighted by Gasteiger charge is 2.19. The SMILES string of the molecule is O=c1n(-c2ccccc2)c2ccc(-c3cccc4oc5ccc(-c6ccc(-c7ccccc7)cc6)cc5c34)cc2c2nc3ccccc3n12. The Bertz CT molecular complexity index is 2940. The molecular formula is C44H27N3O2. The van der Waals surface area contributed by atoms with Gasteiger partial charge >= 0.3 is 5.69 Å². The molecule has 49 heavy (non-hydrogen) atoms. The van der Waals surface area contributed by atoms with Gasteiger partial charge in [-0.1, -0.05) is 109 Å². The first-order valence-corrected chi connectivity index (χ1v) is 16.3. The maximum Gasteiger partial charge on any atom is 0.339 e. The number of hydrogen-bond donors (Lipinski definition) is 0. The van der Waals surface area contributed by atoms with Crippen molar-refractivity contribution in [1.82, 2.24) is 14.0 Å². The van der Waals surface area contributed by atoms with Gasteiger partial charge in [0, 0.05) is 16.2 Å². The molecule has 0 aliphatic carbocycles. The summed E-state index contributed by atoms with van der Waals surface area (Å²) in [4.78, 5) is 19.2. The zero-order chi connectivity index (χ0) is 32.5. The number of nitrogens with zero attached hydrogens (tertiary/aromatic N) is 3. The average molecular weight is 630 g/mol. The van der Waals surface area contributed by atoms with Gasteiger partial charge in [0.05, 0.1) is 22.2 Å². The fraction of sp³-hybridized carbons (Fsp3) is 0. The van der Waals surface area contributed by atoms with Gasteiger partial charge < -0.3 is 4.42 Å². The Morgan fingerprint density at radius 1 is 0.490 bits per heavy atom. The van der Waals surface area contributed by atoms with Crippen LogP contribution in [0.2, 0.25) is 0 Å². The second-order valence-electron chi connectivity index (χ2n) is 12.4. The first kappa shape index (κ1) is 27.4. The minimum absolute atomic E-state index is 0.151.